The van der Waals surface area contributed by atoms with Gasteiger partial charge in [-0.15, -0.1) is 0 Å². The molecule has 90 valence electrons. The van der Waals surface area contributed by atoms with E-state index in [0.29, 0.717) is 12.5 Å². The molecule has 0 aromatic rings. The number of nitrogens with two attached hydrogens (primary N) is 1. The van der Waals surface area contributed by atoms with Gasteiger partial charge >= 0.3 is 0 Å². The predicted molar refractivity (Wildman–Crippen MR) is 64.7 cm³/mol. The maximum absolute atomic E-state index is 10.3. The zero-order valence-electron chi connectivity index (χ0n) is 10.3. The zero-order valence-corrected chi connectivity index (χ0v) is 10.3. The van der Waals surface area contributed by atoms with Gasteiger partial charge in [0, 0.05) is 12.0 Å². The second-order valence-corrected chi connectivity index (χ2v) is 5.52. The van der Waals surface area contributed by atoms with Crippen LogP contribution in [0.15, 0.2) is 0 Å². The van der Waals surface area contributed by atoms with Crippen molar-refractivity contribution in [3.05, 3.63) is 0 Å². The van der Waals surface area contributed by atoms with Gasteiger partial charge in [0.2, 0.25) is 0 Å². The lowest BCUT2D eigenvalue weighted by molar-refractivity contribution is -0.0206. The fourth-order valence-corrected chi connectivity index (χ4v) is 2.94. The number of aliphatic hydroxyl groups excluding tert-OH is 1. The van der Waals surface area contributed by atoms with E-state index in [1.54, 1.807) is 0 Å². The third-order valence-electron chi connectivity index (χ3n) is 4.01. The lowest BCUT2D eigenvalue weighted by Gasteiger charge is -2.40. The summed E-state index contributed by atoms with van der Waals surface area (Å²) in [6, 6.07) is 0. The maximum atomic E-state index is 10.3. The standard InChI is InChI=1S/C13H27NO/c1-11(2)12(15)13(10-14)8-6-4-3-5-7-9-13/h11-12,15H,3-10,14H2,1-2H3. The molecule has 1 rings (SSSR count). The lowest BCUT2D eigenvalue weighted by atomic mass is 9.69. The summed E-state index contributed by atoms with van der Waals surface area (Å²) >= 11 is 0. The van der Waals surface area contributed by atoms with E-state index < -0.39 is 0 Å². The molecular weight excluding hydrogens is 186 g/mol. The Morgan fingerprint density at radius 3 is 1.93 bits per heavy atom. The fourth-order valence-electron chi connectivity index (χ4n) is 2.94. The molecule has 15 heavy (non-hydrogen) atoms. The Kier molecular flexibility index (Phi) is 5.07. The highest BCUT2D eigenvalue weighted by molar-refractivity contribution is 4.89. The van der Waals surface area contributed by atoms with Crippen LogP contribution in [0.2, 0.25) is 0 Å². The molecule has 0 heterocycles. The molecule has 2 heteroatoms. The molecule has 0 aliphatic heterocycles. The Bertz CT molecular complexity index is 171. The first kappa shape index (κ1) is 13.0. The summed E-state index contributed by atoms with van der Waals surface area (Å²) in [5, 5.41) is 10.3. The quantitative estimate of drug-likeness (QED) is 0.757. The Balaban J connectivity index is 2.69. The molecule has 0 aromatic carbocycles. The molecule has 0 bridgehead atoms. The van der Waals surface area contributed by atoms with Crippen LogP contribution >= 0.6 is 0 Å². The molecule has 0 aromatic heterocycles. The van der Waals surface area contributed by atoms with Gasteiger partial charge in [-0.3, -0.25) is 0 Å². The third kappa shape index (κ3) is 3.18. The van der Waals surface area contributed by atoms with Gasteiger partial charge in [-0.25, -0.2) is 0 Å². The maximum Gasteiger partial charge on any atom is 0.0631 e. The molecule has 0 radical (unpaired) electrons. The molecule has 2 nitrogen and oxygen atoms in total. The van der Waals surface area contributed by atoms with Gasteiger partial charge < -0.3 is 10.8 Å². The summed E-state index contributed by atoms with van der Waals surface area (Å²) in [6.45, 7) is 4.84. The number of rotatable bonds is 3. The molecule has 0 amide bonds. The highest BCUT2D eigenvalue weighted by Gasteiger charge is 2.37. The zero-order chi connectivity index (χ0) is 11.3. The molecule has 1 saturated carbocycles. The molecule has 1 atom stereocenters. The van der Waals surface area contributed by atoms with Gasteiger partial charge in [-0.2, -0.15) is 0 Å². The van der Waals surface area contributed by atoms with Crippen molar-refractivity contribution in [2.45, 2.75) is 64.9 Å². The normalized spacial score (nSPS) is 24.6. The van der Waals surface area contributed by atoms with Crippen molar-refractivity contribution in [2.24, 2.45) is 17.1 Å². The first-order valence-corrected chi connectivity index (χ1v) is 6.50. The molecular formula is C13H27NO. The van der Waals surface area contributed by atoms with Gasteiger partial charge in [-0.1, -0.05) is 46.0 Å². The summed E-state index contributed by atoms with van der Waals surface area (Å²) in [7, 11) is 0. The summed E-state index contributed by atoms with van der Waals surface area (Å²) in [5.41, 5.74) is 5.95. The minimum Gasteiger partial charge on any atom is -0.392 e. The predicted octanol–water partition coefficient (Wildman–Crippen LogP) is 2.69. The molecule has 0 spiro atoms. The first-order chi connectivity index (χ1) is 7.12. The van der Waals surface area contributed by atoms with Crippen LogP contribution in [0.5, 0.6) is 0 Å². The molecule has 3 N–H and O–H groups in total. The van der Waals surface area contributed by atoms with Crippen LogP contribution in [0.1, 0.15) is 58.8 Å². The van der Waals surface area contributed by atoms with Gasteiger partial charge in [0.1, 0.15) is 0 Å². The van der Waals surface area contributed by atoms with Crippen molar-refractivity contribution >= 4 is 0 Å². The lowest BCUT2D eigenvalue weighted by Crippen LogP contribution is -2.45. The number of hydrogen-bond acceptors (Lipinski definition) is 2. The minimum atomic E-state index is -0.222. The van der Waals surface area contributed by atoms with E-state index in [-0.39, 0.29) is 11.5 Å². The van der Waals surface area contributed by atoms with Crippen LogP contribution in [0.25, 0.3) is 0 Å². The Morgan fingerprint density at radius 2 is 1.53 bits per heavy atom. The van der Waals surface area contributed by atoms with Crippen molar-refractivity contribution in [3.63, 3.8) is 0 Å². The Hall–Kier alpha value is -0.0800. The van der Waals surface area contributed by atoms with E-state index in [1.807, 2.05) is 0 Å². The van der Waals surface area contributed by atoms with Crippen LogP contribution in [0, 0.1) is 11.3 Å². The van der Waals surface area contributed by atoms with Crippen molar-refractivity contribution in [3.8, 4) is 0 Å². The average molecular weight is 213 g/mol. The van der Waals surface area contributed by atoms with Crippen molar-refractivity contribution < 1.29 is 5.11 Å². The Morgan fingerprint density at radius 1 is 1.07 bits per heavy atom. The molecule has 1 fully saturated rings. The second kappa shape index (κ2) is 5.86. The molecule has 0 saturated heterocycles. The van der Waals surface area contributed by atoms with Crippen LogP contribution in [-0.4, -0.2) is 17.8 Å². The molecule has 1 unspecified atom stereocenters. The smallest absolute Gasteiger partial charge is 0.0631 e. The number of aliphatic hydroxyl groups is 1. The van der Waals surface area contributed by atoms with Crippen molar-refractivity contribution in [2.75, 3.05) is 6.54 Å². The van der Waals surface area contributed by atoms with Crippen LogP contribution < -0.4 is 5.73 Å². The largest absolute Gasteiger partial charge is 0.392 e. The van der Waals surface area contributed by atoms with E-state index >= 15 is 0 Å². The average Bonchev–Trinajstić information content (AvgIpc) is 2.17. The van der Waals surface area contributed by atoms with Crippen molar-refractivity contribution in [1.29, 1.82) is 0 Å². The number of hydrogen-bond donors (Lipinski definition) is 2. The summed E-state index contributed by atoms with van der Waals surface area (Å²) in [6.07, 6.45) is 8.46. The summed E-state index contributed by atoms with van der Waals surface area (Å²) < 4.78 is 0. The van der Waals surface area contributed by atoms with Crippen LogP contribution in [0.4, 0.5) is 0 Å². The first-order valence-electron chi connectivity index (χ1n) is 6.50. The van der Waals surface area contributed by atoms with Gasteiger partial charge in [0.25, 0.3) is 0 Å². The monoisotopic (exact) mass is 213 g/mol. The summed E-state index contributed by atoms with van der Waals surface area (Å²) in [5.74, 6) is 0.327. The van der Waals surface area contributed by atoms with Crippen LogP contribution in [0.3, 0.4) is 0 Å². The van der Waals surface area contributed by atoms with E-state index in [0.717, 1.165) is 12.8 Å². The highest BCUT2D eigenvalue weighted by atomic mass is 16.3. The van der Waals surface area contributed by atoms with Gasteiger partial charge in [0.15, 0.2) is 0 Å². The van der Waals surface area contributed by atoms with Gasteiger partial charge in [0.05, 0.1) is 6.10 Å². The molecule has 1 aliphatic rings. The second-order valence-electron chi connectivity index (χ2n) is 5.52. The minimum absolute atomic E-state index is 0.00852. The van der Waals surface area contributed by atoms with Crippen molar-refractivity contribution in [1.82, 2.24) is 0 Å². The van der Waals surface area contributed by atoms with Gasteiger partial charge in [-0.05, 0) is 18.8 Å². The van der Waals surface area contributed by atoms with E-state index in [9.17, 15) is 5.11 Å². The SMILES string of the molecule is CC(C)C(O)C1(CN)CCCCCCC1. The highest BCUT2D eigenvalue weighted by Crippen LogP contribution is 2.38. The summed E-state index contributed by atoms with van der Waals surface area (Å²) in [4.78, 5) is 0. The topological polar surface area (TPSA) is 46.2 Å². The Labute approximate surface area is 94.2 Å². The third-order valence-corrected chi connectivity index (χ3v) is 4.01. The van der Waals surface area contributed by atoms with E-state index in [4.69, 9.17) is 5.73 Å². The fraction of sp³-hybridized carbons (Fsp3) is 1.00. The molecule has 1 aliphatic carbocycles. The van der Waals surface area contributed by atoms with E-state index in [2.05, 4.69) is 13.8 Å². The van der Waals surface area contributed by atoms with Crippen LogP contribution in [-0.2, 0) is 0 Å². The van der Waals surface area contributed by atoms with E-state index in [1.165, 1.54) is 32.1 Å².